The van der Waals surface area contributed by atoms with Crippen LogP contribution in [0.15, 0.2) is 0 Å². The Kier molecular flexibility index (Phi) is 2.32. The van der Waals surface area contributed by atoms with Gasteiger partial charge in [0, 0.05) is 12.5 Å². The van der Waals surface area contributed by atoms with Gasteiger partial charge in [0.25, 0.3) is 0 Å². The molecular formula is C9H15NO3. The van der Waals surface area contributed by atoms with Crippen molar-refractivity contribution < 1.29 is 14.3 Å². The number of rotatable bonds is 0. The zero-order chi connectivity index (χ0) is 10.2. The average molecular weight is 185 g/mol. The number of ketones is 1. The summed E-state index contributed by atoms with van der Waals surface area (Å²) in [5.41, 5.74) is -0.716. The van der Waals surface area contributed by atoms with E-state index in [0.29, 0.717) is 6.42 Å². The third-order valence-electron chi connectivity index (χ3n) is 2.58. The monoisotopic (exact) mass is 185 g/mol. The Labute approximate surface area is 77.8 Å². The second kappa shape index (κ2) is 3.01. The van der Waals surface area contributed by atoms with Crippen LogP contribution in [0.4, 0.5) is 4.79 Å². The summed E-state index contributed by atoms with van der Waals surface area (Å²) < 4.78 is 4.62. The lowest BCUT2D eigenvalue weighted by atomic mass is 10.0. The minimum absolute atomic E-state index is 0.0602. The first-order valence-corrected chi connectivity index (χ1v) is 4.32. The van der Waals surface area contributed by atoms with Gasteiger partial charge in [0.15, 0.2) is 5.78 Å². The van der Waals surface area contributed by atoms with E-state index in [1.165, 1.54) is 12.0 Å². The van der Waals surface area contributed by atoms with Crippen LogP contribution in [-0.4, -0.2) is 35.5 Å². The molecule has 74 valence electrons. The van der Waals surface area contributed by atoms with E-state index in [1.54, 1.807) is 13.8 Å². The number of carbonyl (C=O) groups is 2. The van der Waals surface area contributed by atoms with Gasteiger partial charge in [-0.2, -0.15) is 0 Å². The number of likely N-dealkylation sites (tertiary alicyclic amines) is 1. The van der Waals surface area contributed by atoms with E-state index in [9.17, 15) is 9.59 Å². The van der Waals surface area contributed by atoms with E-state index < -0.39 is 11.6 Å². The topological polar surface area (TPSA) is 46.6 Å². The van der Waals surface area contributed by atoms with Gasteiger partial charge in [0.1, 0.15) is 0 Å². The molecule has 1 atom stereocenters. The minimum atomic E-state index is -0.716. The Bertz CT molecular complexity index is 247. The maximum atomic E-state index is 11.5. The fraction of sp³-hybridized carbons (Fsp3) is 0.778. The minimum Gasteiger partial charge on any atom is -0.453 e. The van der Waals surface area contributed by atoms with E-state index in [-0.39, 0.29) is 11.8 Å². The number of hydrogen-bond acceptors (Lipinski definition) is 3. The molecule has 1 rings (SSSR count). The summed E-state index contributed by atoms with van der Waals surface area (Å²) in [4.78, 5) is 24.3. The van der Waals surface area contributed by atoms with E-state index >= 15 is 0 Å². The molecule has 1 aliphatic heterocycles. The molecule has 0 saturated carbocycles. The Morgan fingerprint density at radius 1 is 1.62 bits per heavy atom. The van der Waals surface area contributed by atoms with E-state index in [0.717, 1.165) is 0 Å². The molecule has 0 spiro atoms. The molecule has 4 nitrogen and oxygen atoms in total. The lowest BCUT2D eigenvalue weighted by molar-refractivity contribution is -0.123. The molecule has 1 unspecified atom stereocenters. The van der Waals surface area contributed by atoms with Gasteiger partial charge in [-0.15, -0.1) is 0 Å². The van der Waals surface area contributed by atoms with Crippen molar-refractivity contribution in [2.24, 2.45) is 0 Å². The zero-order valence-electron chi connectivity index (χ0n) is 8.46. The predicted molar refractivity (Wildman–Crippen MR) is 47.4 cm³/mol. The van der Waals surface area contributed by atoms with Crippen LogP contribution in [0.1, 0.15) is 27.2 Å². The van der Waals surface area contributed by atoms with Crippen LogP contribution >= 0.6 is 0 Å². The molecule has 1 amide bonds. The van der Waals surface area contributed by atoms with Crippen molar-refractivity contribution in [2.45, 2.75) is 38.8 Å². The highest BCUT2D eigenvalue weighted by Crippen LogP contribution is 2.30. The maximum Gasteiger partial charge on any atom is 0.410 e. The van der Waals surface area contributed by atoms with Gasteiger partial charge in [-0.05, 0) is 20.8 Å². The first kappa shape index (κ1) is 10.0. The number of hydrogen-bond donors (Lipinski definition) is 0. The van der Waals surface area contributed by atoms with Crippen molar-refractivity contribution in [3.63, 3.8) is 0 Å². The summed E-state index contributed by atoms with van der Waals surface area (Å²) in [6.07, 6.45) is -0.00870. The molecule has 1 aliphatic rings. The van der Waals surface area contributed by atoms with Crippen molar-refractivity contribution >= 4 is 11.9 Å². The molecule has 1 heterocycles. The number of carbonyl (C=O) groups excluding carboxylic acids is 2. The molecule has 0 aromatic carbocycles. The summed E-state index contributed by atoms with van der Waals surface area (Å²) in [5, 5.41) is 0. The van der Waals surface area contributed by atoms with Gasteiger partial charge in [-0.3, -0.25) is 9.69 Å². The summed E-state index contributed by atoms with van der Waals surface area (Å²) in [7, 11) is 1.33. The summed E-state index contributed by atoms with van der Waals surface area (Å²) in [6.45, 7) is 5.34. The molecule has 0 aliphatic carbocycles. The van der Waals surface area contributed by atoms with Crippen LogP contribution in [0, 0.1) is 0 Å². The number of Topliss-reactive ketones (excluding diaryl/α,β-unsaturated/α-hetero) is 1. The molecule has 13 heavy (non-hydrogen) atoms. The third kappa shape index (κ3) is 1.41. The van der Waals surface area contributed by atoms with Gasteiger partial charge in [-0.1, -0.05) is 0 Å². The quantitative estimate of drug-likeness (QED) is 0.569. The molecule has 0 bridgehead atoms. The second-order valence-corrected chi connectivity index (χ2v) is 3.88. The lowest BCUT2D eigenvalue weighted by Gasteiger charge is -2.31. The van der Waals surface area contributed by atoms with Crippen LogP contribution < -0.4 is 0 Å². The van der Waals surface area contributed by atoms with Crippen LogP contribution in [-0.2, 0) is 9.53 Å². The fourth-order valence-electron chi connectivity index (χ4n) is 1.80. The zero-order valence-corrected chi connectivity index (χ0v) is 8.46. The van der Waals surface area contributed by atoms with Crippen LogP contribution in [0.25, 0.3) is 0 Å². The van der Waals surface area contributed by atoms with Crippen molar-refractivity contribution in [3.05, 3.63) is 0 Å². The summed E-state index contributed by atoms with van der Waals surface area (Å²) in [5.74, 6) is 0.0883. The molecule has 0 radical (unpaired) electrons. The SMILES string of the molecule is COC(=O)N1C(C)CC(=O)C1(C)C. The molecular weight excluding hydrogens is 170 g/mol. The van der Waals surface area contributed by atoms with Crippen molar-refractivity contribution in [3.8, 4) is 0 Å². The Balaban J connectivity index is 2.95. The smallest absolute Gasteiger partial charge is 0.410 e. The molecule has 0 aromatic rings. The average Bonchev–Trinajstić information content (AvgIpc) is 2.21. The maximum absolute atomic E-state index is 11.5. The molecule has 0 N–H and O–H groups in total. The number of ether oxygens (including phenoxy) is 1. The van der Waals surface area contributed by atoms with Gasteiger partial charge < -0.3 is 4.74 Å². The Hall–Kier alpha value is -1.06. The molecule has 1 fully saturated rings. The Morgan fingerprint density at radius 3 is 2.46 bits per heavy atom. The number of amides is 1. The van der Waals surface area contributed by atoms with Crippen molar-refractivity contribution in [2.75, 3.05) is 7.11 Å². The van der Waals surface area contributed by atoms with Gasteiger partial charge in [0.05, 0.1) is 12.6 Å². The highest BCUT2D eigenvalue weighted by atomic mass is 16.5. The Morgan fingerprint density at radius 2 is 2.15 bits per heavy atom. The number of methoxy groups -OCH3 is 1. The summed E-state index contributed by atoms with van der Waals surface area (Å²) >= 11 is 0. The standard InChI is InChI=1S/C9H15NO3/c1-6-5-7(11)9(2,3)10(6)8(12)13-4/h6H,5H2,1-4H3. The fourth-order valence-corrected chi connectivity index (χ4v) is 1.80. The van der Waals surface area contributed by atoms with Crippen LogP contribution in [0.3, 0.4) is 0 Å². The van der Waals surface area contributed by atoms with E-state index in [4.69, 9.17) is 0 Å². The second-order valence-electron chi connectivity index (χ2n) is 3.88. The van der Waals surface area contributed by atoms with Gasteiger partial charge in [0.2, 0.25) is 0 Å². The lowest BCUT2D eigenvalue weighted by Crippen LogP contribution is -2.48. The largest absolute Gasteiger partial charge is 0.453 e. The van der Waals surface area contributed by atoms with Gasteiger partial charge >= 0.3 is 6.09 Å². The highest BCUT2D eigenvalue weighted by molar-refractivity contribution is 5.94. The molecule has 4 heteroatoms. The summed E-state index contributed by atoms with van der Waals surface area (Å²) in [6, 6.07) is -0.0602. The third-order valence-corrected chi connectivity index (χ3v) is 2.58. The normalized spacial score (nSPS) is 26.3. The number of nitrogens with zero attached hydrogens (tertiary/aromatic N) is 1. The van der Waals surface area contributed by atoms with Crippen LogP contribution in [0.2, 0.25) is 0 Å². The van der Waals surface area contributed by atoms with Crippen molar-refractivity contribution in [1.29, 1.82) is 0 Å². The van der Waals surface area contributed by atoms with Crippen molar-refractivity contribution in [1.82, 2.24) is 4.90 Å². The van der Waals surface area contributed by atoms with E-state index in [2.05, 4.69) is 4.74 Å². The molecule has 1 saturated heterocycles. The predicted octanol–water partition coefficient (Wildman–Crippen LogP) is 1.19. The first-order valence-electron chi connectivity index (χ1n) is 4.32. The van der Waals surface area contributed by atoms with E-state index in [1.807, 2.05) is 6.92 Å². The van der Waals surface area contributed by atoms with Crippen LogP contribution in [0.5, 0.6) is 0 Å². The van der Waals surface area contributed by atoms with Gasteiger partial charge in [-0.25, -0.2) is 4.79 Å². The molecule has 0 aromatic heterocycles. The first-order chi connectivity index (χ1) is 5.91. The highest BCUT2D eigenvalue weighted by Gasteiger charge is 2.47.